The number of aliphatic hydroxyl groups is 1. The van der Waals surface area contributed by atoms with E-state index < -0.39 is 5.54 Å². The van der Waals surface area contributed by atoms with Crippen LogP contribution in [0.5, 0.6) is 0 Å². The fourth-order valence-corrected chi connectivity index (χ4v) is 0.984. The summed E-state index contributed by atoms with van der Waals surface area (Å²) in [5, 5.41) is 19.3. The third kappa shape index (κ3) is 3.17. The molecule has 0 fully saturated rings. The Kier molecular flexibility index (Phi) is 4.81. The van der Waals surface area contributed by atoms with E-state index in [1.165, 1.54) is 6.92 Å². The molecule has 1 N–H and O–H groups in total. The van der Waals surface area contributed by atoms with Gasteiger partial charge in [-0.1, -0.05) is 19.8 Å². The number of unbranched alkanes of at least 4 members (excludes halogenated alkanes) is 2. The zero-order valence-electron chi connectivity index (χ0n) is 7.75. The Morgan fingerprint density at radius 3 is 2.42 bits per heavy atom. The van der Waals surface area contributed by atoms with Crippen molar-refractivity contribution in [1.29, 1.82) is 0 Å². The summed E-state index contributed by atoms with van der Waals surface area (Å²) in [5.41, 5.74) is -1.13. The predicted molar refractivity (Wildman–Crippen MR) is 46.6 cm³/mol. The first-order valence-electron chi connectivity index (χ1n) is 4.32. The van der Waals surface area contributed by atoms with E-state index in [0.29, 0.717) is 6.42 Å². The molecule has 0 rings (SSSR count). The van der Waals surface area contributed by atoms with Crippen LogP contribution >= 0.6 is 0 Å². The van der Waals surface area contributed by atoms with Gasteiger partial charge in [0.25, 0.3) is 0 Å². The Bertz CT molecular complexity index is 149. The van der Waals surface area contributed by atoms with Gasteiger partial charge in [0, 0.05) is 18.3 Å². The molecule has 0 aromatic carbocycles. The second-order valence-corrected chi connectivity index (χ2v) is 3.37. The number of rotatable bonds is 6. The number of hydrogen-bond acceptors (Lipinski definition) is 3. The van der Waals surface area contributed by atoms with Gasteiger partial charge in [-0.05, 0) is 6.42 Å². The summed E-state index contributed by atoms with van der Waals surface area (Å²) in [6.45, 7) is 3.16. The van der Waals surface area contributed by atoms with Crippen LogP contribution < -0.4 is 0 Å². The van der Waals surface area contributed by atoms with Gasteiger partial charge in [-0.15, -0.1) is 0 Å². The second kappa shape index (κ2) is 5.09. The maximum Gasteiger partial charge on any atom is 0.242 e. The molecule has 4 heteroatoms. The third-order valence-electron chi connectivity index (χ3n) is 2.10. The fraction of sp³-hybridized carbons (Fsp3) is 1.00. The van der Waals surface area contributed by atoms with Crippen LogP contribution in [0.1, 0.15) is 39.5 Å². The van der Waals surface area contributed by atoms with E-state index in [-0.39, 0.29) is 11.5 Å². The van der Waals surface area contributed by atoms with Gasteiger partial charge < -0.3 is 5.11 Å². The molecule has 0 amide bonds. The molecule has 0 bridgehead atoms. The smallest absolute Gasteiger partial charge is 0.242 e. The molecular weight excluding hydrogens is 158 g/mol. The van der Waals surface area contributed by atoms with Crippen LogP contribution in [0.3, 0.4) is 0 Å². The van der Waals surface area contributed by atoms with Crippen molar-refractivity contribution in [3.8, 4) is 0 Å². The molecule has 0 aliphatic carbocycles. The van der Waals surface area contributed by atoms with Crippen LogP contribution in [-0.4, -0.2) is 22.2 Å². The summed E-state index contributed by atoms with van der Waals surface area (Å²) in [5.74, 6) is 0. The Morgan fingerprint density at radius 1 is 1.50 bits per heavy atom. The molecular formula is C8H17NO3. The minimum absolute atomic E-state index is 0.371. The molecule has 0 aliphatic heterocycles. The highest BCUT2D eigenvalue weighted by molar-refractivity contribution is 4.71. The number of nitro groups is 1. The summed E-state index contributed by atoms with van der Waals surface area (Å²) >= 11 is 0. The topological polar surface area (TPSA) is 63.4 Å². The largest absolute Gasteiger partial charge is 0.389 e. The molecule has 1 atom stereocenters. The minimum atomic E-state index is -1.13. The molecule has 0 spiro atoms. The number of hydrogen-bond donors (Lipinski definition) is 1. The van der Waals surface area contributed by atoms with Gasteiger partial charge in [0.05, 0.1) is 0 Å². The van der Waals surface area contributed by atoms with Gasteiger partial charge in [0.15, 0.2) is 0 Å². The first-order chi connectivity index (χ1) is 5.56. The van der Waals surface area contributed by atoms with Crippen molar-refractivity contribution in [3.63, 3.8) is 0 Å². The maximum absolute atomic E-state index is 10.5. The van der Waals surface area contributed by atoms with E-state index >= 15 is 0 Å². The van der Waals surface area contributed by atoms with E-state index in [1.807, 2.05) is 6.92 Å². The van der Waals surface area contributed by atoms with Crippen molar-refractivity contribution in [3.05, 3.63) is 10.1 Å². The highest BCUT2D eigenvalue weighted by Gasteiger charge is 2.35. The molecule has 0 aliphatic rings. The monoisotopic (exact) mass is 175 g/mol. The average Bonchev–Trinajstić information content (AvgIpc) is 2.04. The Labute approximate surface area is 72.7 Å². The summed E-state index contributed by atoms with van der Waals surface area (Å²) in [6, 6.07) is 0. The fourth-order valence-electron chi connectivity index (χ4n) is 0.984. The van der Waals surface area contributed by atoms with E-state index in [9.17, 15) is 10.1 Å². The second-order valence-electron chi connectivity index (χ2n) is 3.37. The van der Waals surface area contributed by atoms with Crippen molar-refractivity contribution >= 4 is 0 Å². The minimum Gasteiger partial charge on any atom is -0.389 e. The maximum atomic E-state index is 10.5. The molecule has 0 saturated heterocycles. The Morgan fingerprint density at radius 2 is 2.08 bits per heavy atom. The number of nitrogens with zero attached hydrogens (tertiary/aromatic N) is 1. The molecule has 0 saturated carbocycles. The van der Waals surface area contributed by atoms with E-state index in [1.54, 1.807) is 0 Å². The zero-order chi connectivity index (χ0) is 9.61. The van der Waals surface area contributed by atoms with Gasteiger partial charge in [-0.25, -0.2) is 0 Å². The molecule has 1 unspecified atom stereocenters. The quantitative estimate of drug-likeness (QED) is 0.379. The lowest BCUT2D eigenvalue weighted by molar-refractivity contribution is -0.570. The molecule has 0 aromatic heterocycles. The van der Waals surface area contributed by atoms with Crippen LogP contribution in [0.25, 0.3) is 0 Å². The molecule has 4 nitrogen and oxygen atoms in total. The Balaban J connectivity index is 3.88. The lowest BCUT2D eigenvalue weighted by atomic mass is 9.96. The van der Waals surface area contributed by atoms with Gasteiger partial charge in [0.1, 0.15) is 6.61 Å². The van der Waals surface area contributed by atoms with Crippen LogP contribution in [0.15, 0.2) is 0 Å². The van der Waals surface area contributed by atoms with Crippen molar-refractivity contribution in [2.24, 2.45) is 0 Å². The normalized spacial score (nSPS) is 15.6. The SMILES string of the molecule is CCCCCC(C)(CO)[N+](=O)[O-]. The van der Waals surface area contributed by atoms with E-state index in [4.69, 9.17) is 5.11 Å². The van der Waals surface area contributed by atoms with E-state index in [2.05, 4.69) is 0 Å². The summed E-state index contributed by atoms with van der Waals surface area (Å²) in [4.78, 5) is 10.1. The van der Waals surface area contributed by atoms with Crippen LogP contribution in [0.4, 0.5) is 0 Å². The van der Waals surface area contributed by atoms with E-state index in [0.717, 1.165) is 19.3 Å². The van der Waals surface area contributed by atoms with Crippen molar-refractivity contribution < 1.29 is 10.0 Å². The lowest BCUT2D eigenvalue weighted by Gasteiger charge is -2.17. The van der Waals surface area contributed by atoms with Gasteiger partial charge in [-0.2, -0.15) is 0 Å². The van der Waals surface area contributed by atoms with Gasteiger partial charge in [0.2, 0.25) is 5.54 Å². The van der Waals surface area contributed by atoms with Crippen molar-refractivity contribution in [2.45, 2.75) is 45.1 Å². The van der Waals surface area contributed by atoms with Crippen molar-refractivity contribution in [1.82, 2.24) is 0 Å². The Hall–Kier alpha value is -0.640. The number of aliphatic hydroxyl groups excluding tert-OH is 1. The summed E-state index contributed by atoms with van der Waals surface area (Å²) in [7, 11) is 0. The zero-order valence-corrected chi connectivity index (χ0v) is 7.75. The molecule has 0 radical (unpaired) electrons. The van der Waals surface area contributed by atoms with Crippen molar-refractivity contribution in [2.75, 3.05) is 6.61 Å². The predicted octanol–water partition coefficient (Wildman–Crippen LogP) is 1.59. The first-order valence-corrected chi connectivity index (χ1v) is 4.32. The highest BCUT2D eigenvalue weighted by Crippen LogP contribution is 2.17. The lowest BCUT2D eigenvalue weighted by Crippen LogP contribution is -2.38. The average molecular weight is 175 g/mol. The molecule has 0 aromatic rings. The van der Waals surface area contributed by atoms with Gasteiger partial charge >= 0.3 is 0 Å². The highest BCUT2D eigenvalue weighted by atomic mass is 16.6. The molecule has 0 heterocycles. The van der Waals surface area contributed by atoms with Crippen LogP contribution in [0, 0.1) is 10.1 Å². The van der Waals surface area contributed by atoms with Gasteiger partial charge in [-0.3, -0.25) is 10.1 Å². The first kappa shape index (κ1) is 11.4. The molecule has 12 heavy (non-hydrogen) atoms. The summed E-state index contributed by atoms with van der Waals surface area (Å²) in [6.07, 6.45) is 3.31. The third-order valence-corrected chi connectivity index (χ3v) is 2.10. The van der Waals surface area contributed by atoms with Crippen LogP contribution in [0.2, 0.25) is 0 Å². The standard InChI is InChI=1S/C8H17NO3/c1-3-4-5-6-8(2,7-10)9(11)12/h10H,3-7H2,1-2H3. The van der Waals surface area contributed by atoms with Crippen LogP contribution in [-0.2, 0) is 0 Å². The molecule has 72 valence electrons. The summed E-state index contributed by atoms with van der Waals surface area (Å²) < 4.78 is 0.